The van der Waals surface area contributed by atoms with E-state index in [0.29, 0.717) is 12.0 Å². The van der Waals surface area contributed by atoms with Crippen LogP contribution in [0.4, 0.5) is 0 Å². The molecule has 17 heavy (non-hydrogen) atoms. The van der Waals surface area contributed by atoms with Gasteiger partial charge in [0.05, 0.1) is 12.1 Å². The molecule has 0 spiro atoms. The Morgan fingerprint density at radius 3 is 2.94 bits per heavy atom. The zero-order valence-electron chi connectivity index (χ0n) is 10.1. The first-order valence-electron chi connectivity index (χ1n) is 6.10. The first kappa shape index (κ1) is 11.9. The summed E-state index contributed by atoms with van der Waals surface area (Å²) in [4.78, 5) is 11.8. The van der Waals surface area contributed by atoms with Crippen LogP contribution in [0.1, 0.15) is 44.5 Å². The summed E-state index contributed by atoms with van der Waals surface area (Å²) >= 11 is 0. The fourth-order valence-electron chi connectivity index (χ4n) is 2.12. The van der Waals surface area contributed by atoms with Gasteiger partial charge in [-0.3, -0.25) is 5.43 Å². The number of hydrogen-bond donors (Lipinski definition) is 4. The topological polar surface area (TPSA) is 91.1 Å². The highest BCUT2D eigenvalue weighted by atomic mass is 15.3. The van der Waals surface area contributed by atoms with Crippen LogP contribution in [-0.4, -0.2) is 22.0 Å². The molecule has 1 aromatic heterocycles. The van der Waals surface area contributed by atoms with Gasteiger partial charge >= 0.3 is 0 Å². The van der Waals surface area contributed by atoms with E-state index in [1.807, 2.05) is 6.92 Å². The van der Waals surface area contributed by atoms with Crippen LogP contribution in [0.2, 0.25) is 0 Å². The predicted molar refractivity (Wildman–Crippen MR) is 67.2 cm³/mol. The van der Waals surface area contributed by atoms with Crippen LogP contribution in [0.25, 0.3) is 0 Å². The van der Waals surface area contributed by atoms with Crippen LogP contribution in [0, 0.1) is 0 Å². The summed E-state index contributed by atoms with van der Waals surface area (Å²) in [7, 11) is 0. The fourth-order valence-corrected chi connectivity index (χ4v) is 2.12. The average Bonchev–Trinajstić information content (AvgIpc) is 3.00. The Bertz CT molecular complexity index is 352. The number of nitrogens with two attached hydrogens (primary N) is 1. The van der Waals surface area contributed by atoms with E-state index in [1.165, 1.54) is 12.8 Å². The van der Waals surface area contributed by atoms with Crippen LogP contribution in [0.15, 0.2) is 17.4 Å². The minimum atomic E-state index is 0.0567. The number of aliphatic imine (C=N–C) groups is 1. The molecule has 1 heterocycles. The number of nitrogens with one attached hydrogen (secondary N) is 3. The van der Waals surface area contributed by atoms with Crippen molar-refractivity contribution in [2.24, 2.45) is 10.8 Å². The maximum Gasteiger partial charge on any atom is 0.206 e. The number of guanidine groups is 1. The van der Waals surface area contributed by atoms with E-state index in [-0.39, 0.29) is 6.04 Å². The van der Waals surface area contributed by atoms with Gasteiger partial charge in [-0.15, -0.1) is 0 Å². The Morgan fingerprint density at radius 1 is 1.59 bits per heavy atom. The van der Waals surface area contributed by atoms with E-state index in [1.54, 1.807) is 12.4 Å². The van der Waals surface area contributed by atoms with Gasteiger partial charge in [-0.25, -0.2) is 15.8 Å². The van der Waals surface area contributed by atoms with Crippen molar-refractivity contribution in [3.05, 3.63) is 18.2 Å². The average molecular weight is 236 g/mol. The molecule has 1 atom stereocenters. The van der Waals surface area contributed by atoms with E-state index in [9.17, 15) is 0 Å². The fraction of sp³-hybridized carbons (Fsp3) is 0.636. The van der Waals surface area contributed by atoms with Gasteiger partial charge in [-0.2, -0.15) is 0 Å². The molecule has 1 aliphatic rings. The molecule has 0 radical (unpaired) electrons. The number of hydrogen-bond acceptors (Lipinski definition) is 3. The largest absolute Gasteiger partial charge is 0.347 e. The van der Waals surface area contributed by atoms with E-state index >= 15 is 0 Å². The Labute approximate surface area is 101 Å². The lowest BCUT2D eigenvalue weighted by Gasteiger charge is -2.16. The number of rotatable bonds is 3. The van der Waals surface area contributed by atoms with Crippen LogP contribution in [-0.2, 0) is 0 Å². The Kier molecular flexibility index (Phi) is 3.98. The van der Waals surface area contributed by atoms with Crippen molar-refractivity contribution in [1.82, 2.24) is 20.7 Å². The smallest absolute Gasteiger partial charge is 0.206 e. The molecule has 2 rings (SSSR count). The van der Waals surface area contributed by atoms with E-state index < -0.39 is 0 Å². The monoisotopic (exact) mass is 236 g/mol. The van der Waals surface area contributed by atoms with Gasteiger partial charge < -0.3 is 10.3 Å². The SMILES string of the molecule is CC(NC(=NC1CCCC1)NN)c1ncc[nH]1. The Hall–Kier alpha value is -1.56. The van der Waals surface area contributed by atoms with Crippen molar-refractivity contribution in [3.63, 3.8) is 0 Å². The minimum Gasteiger partial charge on any atom is -0.347 e. The van der Waals surface area contributed by atoms with E-state index in [0.717, 1.165) is 18.7 Å². The van der Waals surface area contributed by atoms with Crippen LogP contribution in [0.3, 0.4) is 0 Å². The number of H-pyrrole nitrogens is 1. The molecule has 1 aromatic rings. The highest BCUT2D eigenvalue weighted by Crippen LogP contribution is 2.20. The van der Waals surface area contributed by atoms with Crippen molar-refractivity contribution in [2.75, 3.05) is 0 Å². The number of aromatic nitrogens is 2. The number of imidazole rings is 1. The Balaban J connectivity index is 1.94. The predicted octanol–water partition coefficient (Wildman–Crippen LogP) is 0.822. The van der Waals surface area contributed by atoms with Crippen molar-refractivity contribution in [2.45, 2.75) is 44.7 Å². The highest BCUT2D eigenvalue weighted by Gasteiger charge is 2.16. The number of nitrogens with zero attached hydrogens (tertiary/aromatic N) is 2. The molecule has 6 nitrogen and oxygen atoms in total. The number of aromatic amines is 1. The van der Waals surface area contributed by atoms with Gasteiger partial charge in [-0.05, 0) is 19.8 Å². The van der Waals surface area contributed by atoms with Gasteiger partial charge in [-0.1, -0.05) is 12.8 Å². The van der Waals surface area contributed by atoms with E-state index in [4.69, 9.17) is 5.84 Å². The molecule has 5 N–H and O–H groups in total. The summed E-state index contributed by atoms with van der Waals surface area (Å²) in [5.74, 6) is 6.99. The van der Waals surface area contributed by atoms with Gasteiger partial charge in [0, 0.05) is 12.4 Å². The number of hydrazine groups is 1. The molecule has 0 aliphatic heterocycles. The van der Waals surface area contributed by atoms with Crippen molar-refractivity contribution in [3.8, 4) is 0 Å². The van der Waals surface area contributed by atoms with Gasteiger partial charge in [0.2, 0.25) is 5.96 Å². The second-order valence-electron chi connectivity index (χ2n) is 4.40. The molecular weight excluding hydrogens is 216 g/mol. The van der Waals surface area contributed by atoms with Crippen LogP contribution in [0.5, 0.6) is 0 Å². The first-order chi connectivity index (χ1) is 8.29. The van der Waals surface area contributed by atoms with Gasteiger partial charge in [0.25, 0.3) is 0 Å². The second kappa shape index (κ2) is 5.67. The third kappa shape index (κ3) is 3.20. The molecule has 0 saturated heterocycles. The van der Waals surface area contributed by atoms with Crippen molar-refractivity contribution >= 4 is 5.96 Å². The van der Waals surface area contributed by atoms with Gasteiger partial charge in [0.15, 0.2) is 0 Å². The molecule has 6 heteroatoms. The molecule has 0 aromatic carbocycles. The summed E-state index contributed by atoms with van der Waals surface area (Å²) in [6, 6.07) is 0.457. The lowest BCUT2D eigenvalue weighted by molar-refractivity contribution is 0.632. The summed E-state index contributed by atoms with van der Waals surface area (Å²) in [6.07, 6.45) is 8.37. The summed E-state index contributed by atoms with van der Waals surface area (Å²) in [5.41, 5.74) is 2.62. The quantitative estimate of drug-likeness (QED) is 0.271. The first-order valence-corrected chi connectivity index (χ1v) is 6.10. The summed E-state index contributed by atoms with van der Waals surface area (Å²) < 4.78 is 0. The summed E-state index contributed by atoms with van der Waals surface area (Å²) in [6.45, 7) is 2.01. The maximum atomic E-state index is 5.48. The molecular formula is C11H20N6. The van der Waals surface area contributed by atoms with Crippen LogP contribution < -0.4 is 16.6 Å². The Morgan fingerprint density at radius 2 is 2.35 bits per heavy atom. The normalized spacial score (nSPS) is 19.3. The molecule has 0 amide bonds. The van der Waals surface area contributed by atoms with Crippen LogP contribution >= 0.6 is 0 Å². The van der Waals surface area contributed by atoms with Crippen molar-refractivity contribution in [1.29, 1.82) is 0 Å². The third-order valence-electron chi connectivity index (χ3n) is 3.06. The molecule has 1 fully saturated rings. The zero-order valence-corrected chi connectivity index (χ0v) is 10.1. The molecule has 1 saturated carbocycles. The third-order valence-corrected chi connectivity index (χ3v) is 3.06. The molecule has 0 bridgehead atoms. The van der Waals surface area contributed by atoms with E-state index in [2.05, 4.69) is 25.7 Å². The highest BCUT2D eigenvalue weighted by molar-refractivity contribution is 5.79. The molecule has 94 valence electrons. The lowest BCUT2D eigenvalue weighted by atomic mass is 10.3. The second-order valence-corrected chi connectivity index (χ2v) is 4.40. The van der Waals surface area contributed by atoms with Crippen molar-refractivity contribution < 1.29 is 0 Å². The molecule has 1 unspecified atom stereocenters. The maximum absolute atomic E-state index is 5.48. The summed E-state index contributed by atoms with van der Waals surface area (Å²) in [5, 5.41) is 3.22. The molecule has 1 aliphatic carbocycles. The minimum absolute atomic E-state index is 0.0567. The standard InChI is InChI=1S/C11H20N6/c1-8(10-13-6-7-14-10)15-11(17-12)16-9-4-2-3-5-9/h6-9H,2-5,12H2,1H3,(H,13,14)(H2,15,16,17). The lowest BCUT2D eigenvalue weighted by Crippen LogP contribution is -2.43. The van der Waals surface area contributed by atoms with Gasteiger partial charge in [0.1, 0.15) is 5.82 Å². The zero-order chi connectivity index (χ0) is 12.1.